The molecule has 3 amide bonds. The van der Waals surface area contributed by atoms with Crippen molar-refractivity contribution in [3.05, 3.63) is 17.3 Å². The Balaban J connectivity index is 1.55. The average Bonchev–Trinajstić information content (AvgIpc) is 3.10. The summed E-state index contributed by atoms with van der Waals surface area (Å²) >= 11 is 1.87. The van der Waals surface area contributed by atoms with Gasteiger partial charge in [-0.1, -0.05) is 0 Å². The number of hydrogen-bond donors (Lipinski definition) is 1. The van der Waals surface area contributed by atoms with Crippen LogP contribution in [0.4, 0.5) is 4.79 Å². The van der Waals surface area contributed by atoms with Crippen LogP contribution in [0.2, 0.25) is 0 Å². The Kier molecular flexibility index (Phi) is 7.01. The first-order valence-corrected chi connectivity index (χ1v) is 10.6. The summed E-state index contributed by atoms with van der Waals surface area (Å²) in [6.45, 7) is 5.65. The molecule has 2 saturated heterocycles. The van der Waals surface area contributed by atoms with Crippen molar-refractivity contribution in [3.63, 3.8) is 0 Å². The zero-order valence-corrected chi connectivity index (χ0v) is 16.8. The molecule has 8 nitrogen and oxygen atoms in total. The van der Waals surface area contributed by atoms with Crippen molar-refractivity contribution in [1.29, 1.82) is 0 Å². The van der Waals surface area contributed by atoms with Gasteiger partial charge in [-0.15, -0.1) is 0 Å². The second-order valence-electron chi connectivity index (χ2n) is 6.85. The normalized spacial score (nSPS) is 18.6. The third-order valence-electron chi connectivity index (χ3n) is 5.03. The summed E-state index contributed by atoms with van der Waals surface area (Å²) in [5, 5.41) is 2.84. The summed E-state index contributed by atoms with van der Waals surface area (Å²) in [6.07, 6.45) is 1.57. The van der Waals surface area contributed by atoms with Gasteiger partial charge in [-0.25, -0.2) is 9.78 Å². The van der Waals surface area contributed by atoms with E-state index >= 15 is 0 Å². The molecule has 0 atom stereocenters. The first-order valence-electron chi connectivity index (χ1n) is 9.46. The molecule has 9 heteroatoms. The number of nitrogens with zero attached hydrogens (tertiary/aromatic N) is 3. The average molecular weight is 397 g/mol. The molecule has 2 aliphatic heterocycles. The predicted octanol–water partition coefficient (Wildman–Crippen LogP) is 1.71. The lowest BCUT2D eigenvalue weighted by atomic mass is 9.97. The fraction of sp³-hybridized carbons (Fsp3) is 0.722. The van der Waals surface area contributed by atoms with Crippen LogP contribution in [-0.2, 0) is 4.74 Å². The Morgan fingerprint density at radius 2 is 1.93 bits per heavy atom. The standard InChI is InChI=1S/C18H28N4O4S/c1-13-15(17(23)21-8-11-27-12-9-21)20-16(26-13)14-3-6-22(7-4-14)18(24)19-5-10-25-2/h14H,3-12H2,1-2H3,(H,19,24). The summed E-state index contributed by atoms with van der Waals surface area (Å²) in [4.78, 5) is 33.0. The Morgan fingerprint density at radius 1 is 1.22 bits per heavy atom. The number of aryl methyl sites for hydroxylation is 1. The molecule has 1 N–H and O–H groups in total. The summed E-state index contributed by atoms with van der Waals surface area (Å²) in [7, 11) is 1.61. The van der Waals surface area contributed by atoms with E-state index in [1.165, 1.54) is 0 Å². The van der Waals surface area contributed by atoms with E-state index in [9.17, 15) is 9.59 Å². The van der Waals surface area contributed by atoms with Gasteiger partial charge in [0.05, 0.1) is 6.61 Å². The minimum absolute atomic E-state index is 0.0299. The first kappa shape index (κ1) is 20.0. The SMILES string of the molecule is COCCNC(=O)N1CCC(c2nc(C(=O)N3CCSCC3)c(C)o2)CC1. The van der Waals surface area contributed by atoms with E-state index in [1.54, 1.807) is 18.9 Å². The number of likely N-dealkylation sites (tertiary alicyclic amines) is 1. The number of carbonyl (C=O) groups excluding carboxylic acids is 2. The Labute approximate surface area is 164 Å². The highest BCUT2D eigenvalue weighted by molar-refractivity contribution is 7.99. The Hall–Kier alpha value is -1.74. The van der Waals surface area contributed by atoms with Crippen LogP contribution in [0, 0.1) is 6.92 Å². The van der Waals surface area contributed by atoms with Crippen molar-refractivity contribution in [2.45, 2.75) is 25.7 Å². The third kappa shape index (κ3) is 4.95. The monoisotopic (exact) mass is 396 g/mol. The number of carbonyl (C=O) groups is 2. The number of hydrogen-bond acceptors (Lipinski definition) is 6. The maximum atomic E-state index is 12.7. The second kappa shape index (κ2) is 9.45. The molecule has 2 aliphatic rings. The van der Waals surface area contributed by atoms with Crippen molar-refractivity contribution in [3.8, 4) is 0 Å². The molecule has 3 heterocycles. The molecule has 0 aromatic carbocycles. The molecular weight excluding hydrogens is 368 g/mol. The minimum Gasteiger partial charge on any atom is -0.445 e. The molecule has 1 aromatic heterocycles. The Morgan fingerprint density at radius 3 is 2.59 bits per heavy atom. The number of thioether (sulfide) groups is 1. The lowest BCUT2D eigenvalue weighted by Crippen LogP contribution is -2.45. The van der Waals surface area contributed by atoms with Gasteiger partial charge in [-0.2, -0.15) is 11.8 Å². The molecule has 0 saturated carbocycles. The largest absolute Gasteiger partial charge is 0.445 e. The molecule has 27 heavy (non-hydrogen) atoms. The number of oxazole rings is 1. The summed E-state index contributed by atoms with van der Waals surface area (Å²) in [6, 6.07) is -0.0621. The highest BCUT2D eigenvalue weighted by Gasteiger charge is 2.30. The van der Waals surface area contributed by atoms with E-state index in [-0.39, 0.29) is 17.9 Å². The minimum atomic E-state index is -0.0621. The summed E-state index contributed by atoms with van der Waals surface area (Å²) in [5.41, 5.74) is 0.441. The van der Waals surface area contributed by atoms with E-state index in [2.05, 4.69) is 10.3 Å². The quantitative estimate of drug-likeness (QED) is 0.763. The molecule has 0 aliphatic carbocycles. The van der Waals surface area contributed by atoms with Crippen molar-refractivity contribution < 1.29 is 18.7 Å². The molecular formula is C18H28N4O4S. The van der Waals surface area contributed by atoms with Gasteiger partial charge >= 0.3 is 6.03 Å². The molecule has 0 radical (unpaired) electrons. The van der Waals surface area contributed by atoms with Crippen LogP contribution in [-0.4, -0.2) is 84.7 Å². The lowest BCUT2D eigenvalue weighted by Gasteiger charge is -2.30. The smallest absolute Gasteiger partial charge is 0.317 e. The number of nitrogens with one attached hydrogen (secondary N) is 1. The number of ether oxygens (including phenoxy) is 1. The second-order valence-corrected chi connectivity index (χ2v) is 8.07. The van der Waals surface area contributed by atoms with Gasteiger partial charge in [0.25, 0.3) is 5.91 Å². The van der Waals surface area contributed by atoms with Crippen LogP contribution in [0.25, 0.3) is 0 Å². The van der Waals surface area contributed by atoms with Crippen molar-refractivity contribution in [2.24, 2.45) is 0 Å². The fourth-order valence-corrected chi connectivity index (χ4v) is 4.31. The lowest BCUT2D eigenvalue weighted by molar-refractivity contribution is 0.0765. The maximum absolute atomic E-state index is 12.7. The van der Waals surface area contributed by atoms with Crippen LogP contribution in [0.3, 0.4) is 0 Å². The van der Waals surface area contributed by atoms with E-state index in [1.807, 2.05) is 16.7 Å². The third-order valence-corrected chi connectivity index (χ3v) is 5.97. The van der Waals surface area contributed by atoms with Crippen LogP contribution in [0.1, 0.15) is 40.9 Å². The van der Waals surface area contributed by atoms with Gasteiger partial charge in [0.1, 0.15) is 5.76 Å². The van der Waals surface area contributed by atoms with Crippen molar-refractivity contribution in [2.75, 3.05) is 57.9 Å². The molecule has 0 bridgehead atoms. The summed E-state index contributed by atoms with van der Waals surface area (Å²) < 4.78 is 10.8. The van der Waals surface area contributed by atoms with E-state index < -0.39 is 0 Å². The number of methoxy groups -OCH3 is 1. The molecule has 1 aromatic rings. The fourth-order valence-electron chi connectivity index (χ4n) is 3.41. The molecule has 0 spiro atoms. The van der Waals surface area contributed by atoms with Crippen LogP contribution in [0.5, 0.6) is 0 Å². The van der Waals surface area contributed by atoms with Crippen molar-refractivity contribution >= 4 is 23.7 Å². The maximum Gasteiger partial charge on any atom is 0.317 e. The zero-order valence-electron chi connectivity index (χ0n) is 16.0. The first-order chi connectivity index (χ1) is 13.1. The number of urea groups is 1. The van der Waals surface area contributed by atoms with Crippen LogP contribution >= 0.6 is 11.8 Å². The Bertz CT molecular complexity index is 652. The highest BCUT2D eigenvalue weighted by atomic mass is 32.2. The highest BCUT2D eigenvalue weighted by Crippen LogP contribution is 2.29. The van der Waals surface area contributed by atoms with Crippen LogP contribution < -0.4 is 5.32 Å². The zero-order chi connectivity index (χ0) is 19.2. The van der Waals surface area contributed by atoms with Gasteiger partial charge < -0.3 is 24.3 Å². The van der Waals surface area contributed by atoms with Gasteiger partial charge in [0.2, 0.25) is 0 Å². The van der Waals surface area contributed by atoms with Gasteiger partial charge in [-0.05, 0) is 19.8 Å². The number of aromatic nitrogens is 1. The topological polar surface area (TPSA) is 87.9 Å². The summed E-state index contributed by atoms with van der Waals surface area (Å²) in [5.74, 6) is 3.28. The number of amides is 3. The molecule has 2 fully saturated rings. The van der Waals surface area contributed by atoms with Gasteiger partial charge in [-0.3, -0.25) is 4.79 Å². The number of piperidine rings is 1. The van der Waals surface area contributed by atoms with Crippen LogP contribution in [0.15, 0.2) is 4.42 Å². The van der Waals surface area contributed by atoms with E-state index in [4.69, 9.17) is 9.15 Å². The number of rotatable bonds is 5. The van der Waals surface area contributed by atoms with E-state index in [0.717, 1.165) is 37.4 Å². The molecule has 0 unspecified atom stereocenters. The van der Waals surface area contributed by atoms with Gasteiger partial charge in [0, 0.05) is 57.3 Å². The van der Waals surface area contributed by atoms with Crippen molar-refractivity contribution in [1.82, 2.24) is 20.1 Å². The predicted molar refractivity (Wildman–Crippen MR) is 103 cm³/mol. The van der Waals surface area contributed by atoms with Gasteiger partial charge in [0.15, 0.2) is 11.6 Å². The van der Waals surface area contributed by atoms with E-state index in [0.29, 0.717) is 43.6 Å². The molecule has 150 valence electrons. The molecule has 3 rings (SSSR count).